The standard InChI is InChI=1S/C14H17NO3S/c1-14(2,3)19(18)12-11(16)9-7-5-6-8-10(9)15(4)13(12)17/h5-8,16H,1-4H3/t19-/m0/s1. The first-order valence-electron chi connectivity index (χ1n) is 5.97. The fourth-order valence-corrected chi connectivity index (χ4v) is 3.12. The zero-order chi connectivity index (χ0) is 14.4. The van der Waals surface area contributed by atoms with E-state index in [-0.39, 0.29) is 10.6 Å². The highest BCUT2D eigenvalue weighted by Gasteiger charge is 2.28. The van der Waals surface area contributed by atoms with Crippen molar-refractivity contribution < 1.29 is 9.32 Å². The molecular formula is C14H17NO3S. The lowest BCUT2D eigenvalue weighted by Gasteiger charge is -2.19. The van der Waals surface area contributed by atoms with Crippen molar-refractivity contribution in [2.45, 2.75) is 30.4 Å². The second-order valence-corrected chi connectivity index (χ2v) is 7.61. The maximum atomic E-state index is 12.4. The van der Waals surface area contributed by atoms with Crippen LogP contribution in [-0.2, 0) is 17.8 Å². The fraction of sp³-hybridized carbons (Fsp3) is 0.357. The maximum absolute atomic E-state index is 12.4. The van der Waals surface area contributed by atoms with Crippen LogP contribution < -0.4 is 5.56 Å². The average Bonchev–Trinajstić information content (AvgIpc) is 2.35. The van der Waals surface area contributed by atoms with Crippen LogP contribution in [0.2, 0.25) is 0 Å². The molecule has 1 aromatic heterocycles. The third-order valence-electron chi connectivity index (χ3n) is 2.98. The van der Waals surface area contributed by atoms with Gasteiger partial charge in [0.2, 0.25) is 0 Å². The number of rotatable bonds is 1. The van der Waals surface area contributed by atoms with Crippen LogP contribution in [-0.4, -0.2) is 18.6 Å². The summed E-state index contributed by atoms with van der Waals surface area (Å²) >= 11 is 0. The van der Waals surface area contributed by atoms with Gasteiger partial charge in [-0.1, -0.05) is 12.1 Å². The number of fused-ring (bicyclic) bond motifs is 1. The van der Waals surface area contributed by atoms with E-state index < -0.39 is 21.1 Å². The molecule has 0 bridgehead atoms. The van der Waals surface area contributed by atoms with Crippen LogP contribution in [0, 0.1) is 0 Å². The molecule has 1 heterocycles. The van der Waals surface area contributed by atoms with Gasteiger partial charge in [-0.3, -0.25) is 9.00 Å². The van der Waals surface area contributed by atoms with E-state index >= 15 is 0 Å². The van der Waals surface area contributed by atoms with Crippen LogP contribution in [0.4, 0.5) is 0 Å². The van der Waals surface area contributed by atoms with E-state index in [2.05, 4.69) is 0 Å². The Kier molecular flexibility index (Phi) is 3.26. The van der Waals surface area contributed by atoms with Gasteiger partial charge in [-0.05, 0) is 32.9 Å². The Hall–Kier alpha value is -1.62. The van der Waals surface area contributed by atoms with Crippen LogP contribution in [0.3, 0.4) is 0 Å². The van der Waals surface area contributed by atoms with Gasteiger partial charge in [0.1, 0.15) is 10.6 Å². The van der Waals surface area contributed by atoms with Crippen LogP contribution >= 0.6 is 0 Å². The molecule has 1 atom stereocenters. The summed E-state index contributed by atoms with van der Waals surface area (Å²) in [7, 11) is 0.0450. The highest BCUT2D eigenvalue weighted by atomic mass is 32.2. The fourth-order valence-electron chi connectivity index (χ4n) is 1.92. The van der Waals surface area contributed by atoms with Gasteiger partial charge in [-0.2, -0.15) is 0 Å². The van der Waals surface area contributed by atoms with Crippen molar-refractivity contribution in [3.05, 3.63) is 34.6 Å². The molecule has 0 radical (unpaired) electrons. The van der Waals surface area contributed by atoms with Crippen molar-refractivity contribution in [1.29, 1.82) is 0 Å². The van der Waals surface area contributed by atoms with E-state index in [9.17, 15) is 14.1 Å². The first-order chi connectivity index (χ1) is 8.75. The van der Waals surface area contributed by atoms with Crippen molar-refractivity contribution in [2.24, 2.45) is 7.05 Å². The van der Waals surface area contributed by atoms with E-state index in [0.29, 0.717) is 10.9 Å². The second kappa shape index (κ2) is 4.49. The largest absolute Gasteiger partial charge is 0.506 e. The molecule has 0 saturated carbocycles. The Morgan fingerprint density at radius 1 is 1.21 bits per heavy atom. The lowest BCUT2D eigenvalue weighted by atomic mass is 10.2. The smallest absolute Gasteiger partial charge is 0.270 e. The number of para-hydroxylation sites is 1. The van der Waals surface area contributed by atoms with Crippen molar-refractivity contribution in [1.82, 2.24) is 4.57 Å². The molecule has 1 N–H and O–H groups in total. The normalized spacial score (nSPS) is 13.7. The number of aromatic nitrogens is 1. The Bertz CT molecular complexity index is 726. The van der Waals surface area contributed by atoms with Crippen molar-refractivity contribution in [3.63, 3.8) is 0 Å². The van der Waals surface area contributed by atoms with Gasteiger partial charge in [-0.25, -0.2) is 0 Å². The lowest BCUT2D eigenvalue weighted by Crippen LogP contribution is -2.30. The summed E-state index contributed by atoms with van der Waals surface area (Å²) in [5, 5.41) is 10.8. The molecule has 0 aliphatic heterocycles. The van der Waals surface area contributed by atoms with Crippen molar-refractivity contribution in [3.8, 4) is 5.75 Å². The minimum atomic E-state index is -1.57. The Labute approximate surface area is 114 Å². The maximum Gasteiger partial charge on any atom is 0.270 e. The summed E-state index contributed by atoms with van der Waals surface area (Å²) in [6.45, 7) is 5.32. The van der Waals surface area contributed by atoms with Crippen molar-refractivity contribution in [2.75, 3.05) is 0 Å². The number of aromatic hydroxyl groups is 1. The quantitative estimate of drug-likeness (QED) is 0.870. The molecule has 0 saturated heterocycles. The van der Waals surface area contributed by atoms with E-state index in [0.717, 1.165) is 0 Å². The Morgan fingerprint density at radius 3 is 2.37 bits per heavy atom. The van der Waals surface area contributed by atoms with Crippen LogP contribution in [0.25, 0.3) is 10.9 Å². The molecule has 0 aliphatic carbocycles. The van der Waals surface area contributed by atoms with Crippen LogP contribution in [0.15, 0.2) is 34.0 Å². The monoisotopic (exact) mass is 279 g/mol. The van der Waals surface area contributed by atoms with Gasteiger partial charge in [0.25, 0.3) is 5.56 Å². The predicted octanol–water partition coefficient (Wildman–Crippen LogP) is 2.15. The Morgan fingerprint density at radius 2 is 1.79 bits per heavy atom. The predicted molar refractivity (Wildman–Crippen MR) is 77.0 cm³/mol. The van der Waals surface area contributed by atoms with E-state index in [4.69, 9.17) is 0 Å². The minimum Gasteiger partial charge on any atom is -0.506 e. The third kappa shape index (κ3) is 2.18. The van der Waals surface area contributed by atoms with E-state index in [1.54, 1.807) is 52.1 Å². The molecule has 5 heteroatoms. The highest BCUT2D eigenvalue weighted by molar-refractivity contribution is 7.86. The summed E-state index contributed by atoms with van der Waals surface area (Å²) in [5.74, 6) is -0.174. The van der Waals surface area contributed by atoms with Gasteiger partial charge in [-0.15, -0.1) is 0 Å². The van der Waals surface area contributed by atoms with Gasteiger partial charge in [0, 0.05) is 17.2 Å². The molecule has 2 rings (SSSR count). The molecule has 2 aromatic rings. The van der Waals surface area contributed by atoms with Crippen LogP contribution in [0.1, 0.15) is 20.8 Å². The summed E-state index contributed by atoms with van der Waals surface area (Å²) < 4.78 is 13.3. The molecule has 0 amide bonds. The number of nitrogens with zero attached hydrogens (tertiary/aromatic N) is 1. The topological polar surface area (TPSA) is 59.3 Å². The van der Waals surface area contributed by atoms with E-state index in [1.165, 1.54) is 4.57 Å². The number of pyridine rings is 1. The molecular weight excluding hydrogens is 262 g/mol. The van der Waals surface area contributed by atoms with Gasteiger partial charge < -0.3 is 9.67 Å². The van der Waals surface area contributed by atoms with Gasteiger partial charge in [0.15, 0.2) is 0 Å². The van der Waals surface area contributed by atoms with Crippen LogP contribution in [0.5, 0.6) is 5.75 Å². The van der Waals surface area contributed by atoms with E-state index in [1.807, 2.05) is 0 Å². The molecule has 102 valence electrons. The molecule has 0 aliphatic rings. The molecule has 1 aromatic carbocycles. The lowest BCUT2D eigenvalue weighted by molar-refractivity contribution is 0.462. The zero-order valence-corrected chi connectivity index (χ0v) is 12.2. The number of hydrogen-bond acceptors (Lipinski definition) is 3. The van der Waals surface area contributed by atoms with Gasteiger partial charge in [0.05, 0.1) is 16.3 Å². The zero-order valence-electron chi connectivity index (χ0n) is 11.4. The van der Waals surface area contributed by atoms with Crippen molar-refractivity contribution >= 4 is 21.7 Å². The molecule has 19 heavy (non-hydrogen) atoms. The molecule has 0 unspecified atom stereocenters. The molecule has 0 fully saturated rings. The Balaban J connectivity index is 2.91. The molecule has 4 nitrogen and oxygen atoms in total. The summed E-state index contributed by atoms with van der Waals surface area (Å²) in [6.07, 6.45) is 0. The second-order valence-electron chi connectivity index (χ2n) is 5.44. The third-order valence-corrected chi connectivity index (χ3v) is 4.83. The summed E-state index contributed by atoms with van der Waals surface area (Å²) in [6, 6.07) is 7.03. The first-order valence-corrected chi connectivity index (χ1v) is 7.12. The summed E-state index contributed by atoms with van der Waals surface area (Å²) in [5.41, 5.74) is 0.212. The average molecular weight is 279 g/mol. The highest BCUT2D eigenvalue weighted by Crippen LogP contribution is 2.31. The number of hydrogen-bond donors (Lipinski definition) is 1. The first kappa shape index (κ1) is 13.8. The SMILES string of the molecule is Cn1c(=O)c([S@](=O)C(C)(C)C)c(O)c2ccccc21. The minimum absolute atomic E-state index is 0.0197. The number of aryl methyl sites for hydroxylation is 1. The van der Waals surface area contributed by atoms with Gasteiger partial charge >= 0.3 is 0 Å². The number of benzene rings is 1. The molecule has 0 spiro atoms. The summed E-state index contributed by atoms with van der Waals surface area (Å²) in [4.78, 5) is 12.3.